The molecule has 1 aromatic carbocycles. The van der Waals surface area contributed by atoms with Gasteiger partial charge in [0, 0.05) is 6.07 Å². The second kappa shape index (κ2) is 2.48. The predicted octanol–water partition coefficient (Wildman–Crippen LogP) is 2.22. The normalized spacial score (nSPS) is 11.1. The number of fused-ring (bicyclic) bond motifs is 3. The Morgan fingerprint density at radius 1 is 1.14 bits per heavy atom. The smallest absolute Gasteiger partial charge is 0.227 e. The summed E-state index contributed by atoms with van der Waals surface area (Å²) in [6, 6.07) is 9.19. The van der Waals surface area contributed by atoms with Gasteiger partial charge in [-0.15, -0.1) is 0 Å². The van der Waals surface area contributed by atoms with E-state index in [1.165, 1.54) is 6.20 Å². The molecule has 3 rings (SSSR count). The first-order chi connectivity index (χ1) is 6.86. The van der Waals surface area contributed by atoms with Gasteiger partial charge in [-0.2, -0.15) is 4.73 Å². The maximum Gasteiger partial charge on any atom is 0.227 e. The zero-order valence-corrected chi connectivity index (χ0v) is 7.31. The molecule has 3 aromatic rings. The lowest BCUT2D eigenvalue weighted by Crippen LogP contribution is -2.25. The standard InChI is InChI=1S/C11H7NO2/c13-12-7-8-5-6-14-11(8)9-3-1-2-4-10(9)12/h1-7H. The van der Waals surface area contributed by atoms with Crippen LogP contribution in [0.25, 0.3) is 21.9 Å². The lowest BCUT2D eigenvalue weighted by molar-refractivity contribution is -0.575. The van der Waals surface area contributed by atoms with Crippen LogP contribution in [0.5, 0.6) is 0 Å². The molecule has 0 spiro atoms. The molecule has 0 saturated heterocycles. The van der Waals surface area contributed by atoms with Gasteiger partial charge in [0.2, 0.25) is 5.52 Å². The van der Waals surface area contributed by atoms with Gasteiger partial charge in [0.1, 0.15) is 0 Å². The number of pyridine rings is 1. The van der Waals surface area contributed by atoms with Crippen LogP contribution in [0, 0.1) is 5.21 Å². The van der Waals surface area contributed by atoms with Gasteiger partial charge in [0.15, 0.2) is 11.8 Å². The summed E-state index contributed by atoms with van der Waals surface area (Å²) in [5, 5.41) is 13.2. The number of furan rings is 1. The SMILES string of the molecule is [O-][n+]1cc2ccoc2c2ccccc21. The third kappa shape index (κ3) is 0.836. The maximum absolute atomic E-state index is 11.6. The number of nitrogens with zero attached hydrogens (tertiary/aromatic N) is 1. The van der Waals surface area contributed by atoms with E-state index in [1.807, 2.05) is 18.2 Å². The van der Waals surface area contributed by atoms with Crippen molar-refractivity contribution < 1.29 is 9.15 Å². The second-order valence-corrected chi connectivity index (χ2v) is 3.18. The molecule has 0 saturated carbocycles. The number of benzene rings is 1. The van der Waals surface area contributed by atoms with Crippen LogP contribution in [0.15, 0.2) is 47.2 Å². The van der Waals surface area contributed by atoms with E-state index in [-0.39, 0.29) is 0 Å². The van der Waals surface area contributed by atoms with Crippen molar-refractivity contribution in [3.63, 3.8) is 0 Å². The molecule has 14 heavy (non-hydrogen) atoms. The van der Waals surface area contributed by atoms with Gasteiger partial charge in [-0.1, -0.05) is 12.1 Å². The minimum atomic E-state index is 0.634. The molecule has 0 aliphatic carbocycles. The molecule has 3 heteroatoms. The summed E-state index contributed by atoms with van der Waals surface area (Å²) < 4.78 is 6.20. The molecule has 0 radical (unpaired) electrons. The molecule has 0 atom stereocenters. The van der Waals surface area contributed by atoms with Crippen molar-refractivity contribution >= 4 is 21.9 Å². The molecule has 0 unspecified atom stereocenters. The quantitative estimate of drug-likeness (QED) is 0.398. The molecule has 2 heterocycles. The third-order valence-electron chi connectivity index (χ3n) is 2.34. The first-order valence-corrected chi connectivity index (χ1v) is 4.34. The highest BCUT2D eigenvalue weighted by molar-refractivity contribution is 5.99. The van der Waals surface area contributed by atoms with Crippen molar-refractivity contribution in [2.24, 2.45) is 0 Å². The van der Waals surface area contributed by atoms with E-state index in [2.05, 4.69) is 0 Å². The van der Waals surface area contributed by atoms with Gasteiger partial charge in [0.25, 0.3) is 0 Å². The van der Waals surface area contributed by atoms with Crippen molar-refractivity contribution in [1.29, 1.82) is 0 Å². The Hall–Kier alpha value is -2.03. The van der Waals surface area contributed by atoms with Crippen LogP contribution in [-0.4, -0.2) is 0 Å². The second-order valence-electron chi connectivity index (χ2n) is 3.18. The Labute approximate surface area is 79.8 Å². The minimum Gasteiger partial charge on any atom is -0.618 e. The summed E-state index contributed by atoms with van der Waals surface area (Å²) in [6.07, 6.45) is 3.12. The molecule has 0 bridgehead atoms. The molecular formula is C11H7NO2. The van der Waals surface area contributed by atoms with E-state index in [9.17, 15) is 5.21 Å². The third-order valence-corrected chi connectivity index (χ3v) is 2.34. The summed E-state index contributed by atoms with van der Waals surface area (Å²) in [5.41, 5.74) is 1.41. The molecule has 0 aliphatic heterocycles. The first-order valence-electron chi connectivity index (χ1n) is 4.34. The van der Waals surface area contributed by atoms with E-state index in [0.717, 1.165) is 21.1 Å². The summed E-state index contributed by atoms with van der Waals surface area (Å²) in [7, 11) is 0. The average Bonchev–Trinajstić information content (AvgIpc) is 2.66. The van der Waals surface area contributed by atoms with Gasteiger partial charge >= 0.3 is 0 Å². The number of hydrogen-bond acceptors (Lipinski definition) is 2. The monoisotopic (exact) mass is 185 g/mol. The molecule has 0 aliphatic rings. The lowest BCUT2D eigenvalue weighted by Gasteiger charge is -2.00. The fraction of sp³-hybridized carbons (Fsp3) is 0. The van der Waals surface area contributed by atoms with Gasteiger partial charge in [-0.25, -0.2) is 0 Å². The van der Waals surface area contributed by atoms with E-state index in [1.54, 1.807) is 18.4 Å². The van der Waals surface area contributed by atoms with E-state index in [4.69, 9.17) is 4.42 Å². The highest BCUT2D eigenvalue weighted by Crippen LogP contribution is 2.22. The van der Waals surface area contributed by atoms with Crippen molar-refractivity contribution in [3.05, 3.63) is 48.0 Å². The van der Waals surface area contributed by atoms with Crippen LogP contribution in [0.1, 0.15) is 0 Å². The summed E-state index contributed by atoms with van der Waals surface area (Å²) >= 11 is 0. The van der Waals surface area contributed by atoms with E-state index >= 15 is 0 Å². The van der Waals surface area contributed by atoms with Crippen LogP contribution in [0.3, 0.4) is 0 Å². The molecule has 0 amide bonds. The first kappa shape index (κ1) is 7.38. The lowest BCUT2D eigenvalue weighted by atomic mass is 10.2. The molecule has 3 nitrogen and oxygen atoms in total. The average molecular weight is 185 g/mol. The number of hydrogen-bond donors (Lipinski definition) is 0. The molecule has 2 aromatic heterocycles. The zero-order valence-electron chi connectivity index (χ0n) is 7.31. The highest BCUT2D eigenvalue weighted by atomic mass is 16.5. The molecular weight excluding hydrogens is 178 g/mol. The Morgan fingerprint density at radius 2 is 2.00 bits per heavy atom. The van der Waals surface area contributed by atoms with Gasteiger partial charge in [-0.3, -0.25) is 0 Å². The summed E-state index contributed by atoms with van der Waals surface area (Å²) in [5.74, 6) is 0. The summed E-state index contributed by atoms with van der Waals surface area (Å²) in [4.78, 5) is 0. The van der Waals surface area contributed by atoms with Crippen molar-refractivity contribution in [2.75, 3.05) is 0 Å². The molecule has 0 fully saturated rings. The number of aromatic nitrogens is 1. The fourth-order valence-electron chi connectivity index (χ4n) is 1.69. The maximum atomic E-state index is 11.6. The van der Waals surface area contributed by atoms with Crippen LogP contribution in [0.2, 0.25) is 0 Å². The molecule has 0 N–H and O–H groups in total. The Kier molecular flexibility index (Phi) is 1.31. The van der Waals surface area contributed by atoms with Crippen LogP contribution in [0.4, 0.5) is 0 Å². The van der Waals surface area contributed by atoms with Crippen molar-refractivity contribution in [3.8, 4) is 0 Å². The van der Waals surface area contributed by atoms with E-state index in [0.29, 0.717) is 5.52 Å². The number of rotatable bonds is 0. The summed E-state index contributed by atoms with van der Waals surface area (Å²) in [6.45, 7) is 0. The fourth-order valence-corrected chi connectivity index (χ4v) is 1.69. The highest BCUT2D eigenvalue weighted by Gasteiger charge is 2.10. The minimum absolute atomic E-state index is 0.634. The van der Waals surface area contributed by atoms with Crippen LogP contribution in [-0.2, 0) is 0 Å². The topological polar surface area (TPSA) is 40.1 Å². The Morgan fingerprint density at radius 3 is 2.93 bits per heavy atom. The largest absolute Gasteiger partial charge is 0.618 e. The van der Waals surface area contributed by atoms with E-state index < -0.39 is 0 Å². The van der Waals surface area contributed by atoms with Crippen molar-refractivity contribution in [1.82, 2.24) is 0 Å². The predicted molar refractivity (Wildman–Crippen MR) is 52.7 cm³/mol. The van der Waals surface area contributed by atoms with Crippen LogP contribution >= 0.6 is 0 Å². The van der Waals surface area contributed by atoms with Gasteiger partial charge in [-0.05, 0) is 12.1 Å². The van der Waals surface area contributed by atoms with Crippen molar-refractivity contribution in [2.45, 2.75) is 0 Å². The zero-order chi connectivity index (χ0) is 9.54. The van der Waals surface area contributed by atoms with Crippen LogP contribution < -0.4 is 4.73 Å². The Balaban J connectivity index is 2.67. The van der Waals surface area contributed by atoms with Gasteiger partial charge in [0.05, 0.1) is 17.0 Å². The molecule has 68 valence electrons. The van der Waals surface area contributed by atoms with Gasteiger partial charge < -0.3 is 9.62 Å². The number of para-hydroxylation sites is 1. The Bertz CT molecular complexity index is 613.